The van der Waals surface area contributed by atoms with Gasteiger partial charge >= 0.3 is 0 Å². The number of anilines is 2. The number of hydrogen-bond acceptors (Lipinski definition) is 6. The lowest BCUT2D eigenvalue weighted by Crippen LogP contribution is -1.99. The zero-order chi connectivity index (χ0) is 21.8. The standard InChI is InChI=1S/C12H8Cl2N4.C10H7NS/c1-2-3-8-4-6-9(7-5-8)15-12-17-10(13)16-11(14)18-12;1-2-4-9-5-3-6-10(7-9)11-8-12/h4-7H,1H3,(H,15,16,17,18);3,5-7H,1H3. The highest BCUT2D eigenvalue weighted by atomic mass is 35.5. The van der Waals surface area contributed by atoms with E-state index in [2.05, 4.69) is 66.3 Å². The predicted molar refractivity (Wildman–Crippen MR) is 126 cm³/mol. The highest BCUT2D eigenvalue weighted by Gasteiger charge is 2.03. The van der Waals surface area contributed by atoms with Crippen molar-refractivity contribution in [1.82, 2.24) is 15.0 Å². The van der Waals surface area contributed by atoms with Gasteiger partial charge in [0.15, 0.2) is 0 Å². The van der Waals surface area contributed by atoms with Gasteiger partial charge in [-0.2, -0.15) is 19.9 Å². The third-order valence-corrected chi connectivity index (χ3v) is 3.71. The Morgan fingerprint density at radius 1 is 0.867 bits per heavy atom. The smallest absolute Gasteiger partial charge is 0.232 e. The average molecular weight is 452 g/mol. The van der Waals surface area contributed by atoms with Gasteiger partial charge in [-0.1, -0.05) is 17.9 Å². The van der Waals surface area contributed by atoms with Crippen molar-refractivity contribution < 1.29 is 0 Å². The lowest BCUT2D eigenvalue weighted by atomic mass is 10.2. The van der Waals surface area contributed by atoms with Gasteiger partial charge in [-0.25, -0.2) is 0 Å². The molecule has 0 radical (unpaired) electrons. The summed E-state index contributed by atoms with van der Waals surface area (Å²) in [4.78, 5) is 15.3. The fraction of sp³-hybridized carbons (Fsp3) is 0.0909. The van der Waals surface area contributed by atoms with Crippen molar-refractivity contribution in [3.8, 4) is 23.7 Å². The van der Waals surface area contributed by atoms with Crippen LogP contribution in [0.1, 0.15) is 25.0 Å². The quantitative estimate of drug-likeness (QED) is 0.296. The van der Waals surface area contributed by atoms with E-state index in [1.807, 2.05) is 48.5 Å². The molecule has 0 bridgehead atoms. The van der Waals surface area contributed by atoms with Crippen LogP contribution in [0.4, 0.5) is 17.3 Å². The average Bonchev–Trinajstić information content (AvgIpc) is 2.70. The molecular weight excluding hydrogens is 437 g/mol. The number of hydrogen-bond donors (Lipinski definition) is 1. The Kier molecular flexibility index (Phi) is 9.48. The molecule has 30 heavy (non-hydrogen) atoms. The van der Waals surface area contributed by atoms with Crippen molar-refractivity contribution in [3.05, 3.63) is 70.2 Å². The predicted octanol–water partition coefficient (Wildman–Crippen LogP) is 6.09. The number of thiocarbonyl (C=S) groups is 1. The van der Waals surface area contributed by atoms with Gasteiger partial charge in [-0.05, 0) is 91.7 Å². The highest BCUT2D eigenvalue weighted by Crippen LogP contribution is 2.16. The fourth-order valence-electron chi connectivity index (χ4n) is 2.14. The highest BCUT2D eigenvalue weighted by molar-refractivity contribution is 7.78. The summed E-state index contributed by atoms with van der Waals surface area (Å²) < 4.78 is 0. The molecule has 0 fully saturated rings. The molecule has 0 unspecified atom stereocenters. The molecule has 0 amide bonds. The summed E-state index contributed by atoms with van der Waals surface area (Å²) in [5, 5.41) is 5.38. The molecule has 0 aliphatic heterocycles. The van der Waals surface area contributed by atoms with Crippen LogP contribution in [-0.2, 0) is 0 Å². The zero-order valence-electron chi connectivity index (χ0n) is 16.1. The van der Waals surface area contributed by atoms with Crippen LogP contribution in [0.2, 0.25) is 10.6 Å². The third kappa shape index (κ3) is 8.01. The molecule has 0 aliphatic carbocycles. The minimum atomic E-state index is 0.0472. The summed E-state index contributed by atoms with van der Waals surface area (Å²) in [5.74, 6) is 11.8. The molecule has 0 aliphatic rings. The van der Waals surface area contributed by atoms with Gasteiger partial charge in [0.25, 0.3) is 0 Å². The lowest BCUT2D eigenvalue weighted by molar-refractivity contribution is 1.05. The van der Waals surface area contributed by atoms with Crippen LogP contribution in [0.3, 0.4) is 0 Å². The Morgan fingerprint density at radius 2 is 1.50 bits per heavy atom. The number of nitrogens with one attached hydrogen (secondary N) is 1. The second kappa shape index (κ2) is 12.3. The first-order chi connectivity index (χ1) is 14.5. The summed E-state index contributed by atoms with van der Waals surface area (Å²) in [6.45, 7) is 3.59. The SMILES string of the molecule is CC#Cc1ccc(Nc2nc(Cl)nc(Cl)n2)cc1.CC#Cc1cccc(N=C=S)c1. The van der Waals surface area contributed by atoms with E-state index in [4.69, 9.17) is 23.2 Å². The Bertz CT molecular complexity index is 1160. The molecule has 1 N–H and O–H groups in total. The van der Waals surface area contributed by atoms with E-state index in [1.165, 1.54) is 0 Å². The van der Waals surface area contributed by atoms with Crippen molar-refractivity contribution >= 4 is 57.9 Å². The maximum Gasteiger partial charge on any atom is 0.232 e. The summed E-state index contributed by atoms with van der Waals surface area (Å²) in [6.07, 6.45) is 0. The van der Waals surface area contributed by atoms with Gasteiger partial charge in [-0.15, -0.1) is 11.8 Å². The van der Waals surface area contributed by atoms with Crippen LogP contribution in [-0.4, -0.2) is 20.1 Å². The van der Waals surface area contributed by atoms with Crippen LogP contribution in [0.25, 0.3) is 0 Å². The summed E-state index contributed by atoms with van der Waals surface area (Å²) >= 11 is 15.8. The molecule has 2 aromatic carbocycles. The minimum Gasteiger partial charge on any atom is -0.324 e. The Balaban J connectivity index is 0.000000232. The zero-order valence-corrected chi connectivity index (χ0v) is 18.4. The van der Waals surface area contributed by atoms with E-state index in [0.29, 0.717) is 5.95 Å². The van der Waals surface area contributed by atoms with Crippen LogP contribution in [0, 0.1) is 23.7 Å². The molecule has 3 rings (SSSR count). The van der Waals surface area contributed by atoms with E-state index >= 15 is 0 Å². The van der Waals surface area contributed by atoms with E-state index < -0.39 is 0 Å². The normalized spacial score (nSPS) is 8.80. The van der Waals surface area contributed by atoms with Gasteiger partial charge in [0.2, 0.25) is 16.5 Å². The molecular formula is C22H15Cl2N5S. The maximum absolute atomic E-state index is 5.68. The van der Waals surface area contributed by atoms with Crippen molar-refractivity contribution in [3.63, 3.8) is 0 Å². The monoisotopic (exact) mass is 451 g/mol. The van der Waals surface area contributed by atoms with Gasteiger partial charge in [-0.3, -0.25) is 0 Å². The lowest BCUT2D eigenvalue weighted by Gasteiger charge is -2.04. The van der Waals surface area contributed by atoms with Crippen LogP contribution in [0.15, 0.2) is 53.5 Å². The van der Waals surface area contributed by atoms with E-state index in [9.17, 15) is 0 Å². The molecule has 0 saturated heterocycles. The van der Waals surface area contributed by atoms with Crippen molar-refractivity contribution in [1.29, 1.82) is 0 Å². The van der Waals surface area contributed by atoms with E-state index in [1.54, 1.807) is 13.8 Å². The molecule has 0 atom stereocenters. The van der Waals surface area contributed by atoms with Crippen molar-refractivity contribution in [2.45, 2.75) is 13.8 Å². The number of halogens is 2. The molecule has 1 aromatic heterocycles. The first kappa shape index (κ1) is 23.0. The second-order valence-corrected chi connectivity index (χ2v) is 6.26. The van der Waals surface area contributed by atoms with Crippen molar-refractivity contribution in [2.75, 3.05) is 5.32 Å². The molecule has 8 heteroatoms. The number of rotatable bonds is 3. The Hall–Kier alpha value is -3.25. The summed E-state index contributed by atoms with van der Waals surface area (Å²) in [5.41, 5.74) is 3.50. The van der Waals surface area contributed by atoms with Crippen LogP contribution >= 0.6 is 35.4 Å². The number of benzene rings is 2. The molecule has 3 aromatic rings. The minimum absolute atomic E-state index is 0.0472. The molecule has 0 spiro atoms. The molecule has 1 heterocycles. The largest absolute Gasteiger partial charge is 0.324 e. The third-order valence-electron chi connectivity index (χ3n) is 3.28. The van der Waals surface area contributed by atoms with Gasteiger partial charge in [0.05, 0.1) is 10.8 Å². The van der Waals surface area contributed by atoms with Gasteiger partial charge in [0.1, 0.15) is 0 Å². The first-order valence-electron chi connectivity index (χ1n) is 8.51. The molecule has 5 nitrogen and oxygen atoms in total. The van der Waals surface area contributed by atoms with Gasteiger partial charge < -0.3 is 5.32 Å². The topological polar surface area (TPSA) is 63.1 Å². The van der Waals surface area contributed by atoms with Gasteiger partial charge in [0, 0.05) is 16.8 Å². The molecule has 0 saturated carbocycles. The first-order valence-corrected chi connectivity index (χ1v) is 9.68. The fourth-order valence-corrected chi connectivity index (χ4v) is 2.61. The summed E-state index contributed by atoms with van der Waals surface area (Å²) in [6, 6.07) is 15.1. The summed E-state index contributed by atoms with van der Waals surface area (Å²) in [7, 11) is 0. The number of nitrogens with zero attached hydrogens (tertiary/aromatic N) is 4. The number of isothiocyanates is 1. The second-order valence-electron chi connectivity index (χ2n) is 5.40. The van der Waals surface area contributed by atoms with E-state index in [-0.39, 0.29) is 10.6 Å². The maximum atomic E-state index is 5.68. The molecule has 148 valence electrons. The van der Waals surface area contributed by atoms with Crippen molar-refractivity contribution in [2.24, 2.45) is 4.99 Å². The van der Waals surface area contributed by atoms with Crippen LogP contribution in [0.5, 0.6) is 0 Å². The van der Waals surface area contributed by atoms with Crippen LogP contribution < -0.4 is 5.32 Å². The number of aliphatic imine (C=N–C) groups is 1. The Labute approximate surface area is 190 Å². The Morgan fingerprint density at radius 3 is 2.10 bits per heavy atom. The number of aromatic nitrogens is 3. The van der Waals surface area contributed by atoms with E-state index in [0.717, 1.165) is 22.5 Å².